The summed E-state index contributed by atoms with van der Waals surface area (Å²) in [4.78, 5) is 11.5. The fourth-order valence-corrected chi connectivity index (χ4v) is 1.80. The number of Topliss-reactive ketones (excluding diaryl/α,β-unsaturated/α-hetero) is 1. The minimum absolute atomic E-state index is 0.0259. The summed E-state index contributed by atoms with van der Waals surface area (Å²) in [6.07, 6.45) is 1.76. The molecule has 1 aliphatic rings. The summed E-state index contributed by atoms with van der Waals surface area (Å²) in [5.74, 6) is -0.661. The van der Waals surface area contributed by atoms with Gasteiger partial charge in [-0.05, 0) is 30.5 Å². The van der Waals surface area contributed by atoms with Crippen LogP contribution in [0, 0.1) is 5.82 Å². The van der Waals surface area contributed by atoms with Crippen LogP contribution < -0.4 is 0 Å². The highest BCUT2D eigenvalue weighted by atomic mass is 19.1. The molecule has 2 rings (SSSR count). The van der Waals surface area contributed by atoms with E-state index in [1.807, 2.05) is 0 Å². The van der Waals surface area contributed by atoms with Gasteiger partial charge in [0.15, 0.2) is 11.5 Å². The lowest BCUT2D eigenvalue weighted by molar-refractivity contribution is -0.113. The number of rotatable bonds is 0. The highest BCUT2D eigenvalue weighted by Crippen LogP contribution is 2.20. The third-order valence-electron chi connectivity index (χ3n) is 2.54. The molecule has 0 fully saturated rings. The number of aryl methyl sites for hydroxylation is 1. The number of halogens is 1. The summed E-state index contributed by atoms with van der Waals surface area (Å²) in [6.45, 7) is 0. The second-order valence-electron chi connectivity index (χ2n) is 3.53. The number of ketones is 1. The Morgan fingerprint density at radius 3 is 2.87 bits per heavy atom. The van der Waals surface area contributed by atoms with Gasteiger partial charge in [0.2, 0.25) is 0 Å². The average Bonchev–Trinajstić information content (AvgIpc) is 2.36. The van der Waals surface area contributed by atoms with Crippen molar-refractivity contribution in [3.63, 3.8) is 0 Å². The summed E-state index contributed by atoms with van der Waals surface area (Å²) in [5, 5.41) is 11.7. The molecular weight excluding hydrogens is 197 g/mol. The van der Waals surface area contributed by atoms with Gasteiger partial charge < -0.3 is 5.21 Å². The Morgan fingerprint density at radius 2 is 2.13 bits per heavy atom. The van der Waals surface area contributed by atoms with Crippen molar-refractivity contribution in [1.82, 2.24) is 0 Å². The Balaban J connectivity index is 2.59. The van der Waals surface area contributed by atoms with Crippen molar-refractivity contribution in [2.24, 2.45) is 5.16 Å². The molecule has 1 N–H and O–H groups in total. The largest absolute Gasteiger partial charge is 0.410 e. The summed E-state index contributed by atoms with van der Waals surface area (Å²) < 4.78 is 13.0. The third kappa shape index (κ3) is 1.75. The van der Waals surface area contributed by atoms with Crippen LogP contribution in [0.15, 0.2) is 23.4 Å². The maximum absolute atomic E-state index is 13.0. The Hall–Kier alpha value is -1.71. The number of fused-ring (bicyclic) bond motifs is 1. The predicted molar refractivity (Wildman–Crippen MR) is 52.7 cm³/mol. The van der Waals surface area contributed by atoms with E-state index >= 15 is 0 Å². The molecule has 4 heteroatoms. The van der Waals surface area contributed by atoms with Crippen LogP contribution in [0.3, 0.4) is 0 Å². The second kappa shape index (κ2) is 3.81. The fraction of sp³-hybridized carbons (Fsp3) is 0.273. The zero-order valence-electron chi connectivity index (χ0n) is 8.03. The van der Waals surface area contributed by atoms with E-state index in [1.165, 1.54) is 12.1 Å². The minimum atomic E-state index is -0.426. The topological polar surface area (TPSA) is 49.7 Å². The molecule has 15 heavy (non-hydrogen) atoms. The molecule has 1 aromatic rings. The first-order chi connectivity index (χ1) is 7.22. The van der Waals surface area contributed by atoms with Gasteiger partial charge in [-0.1, -0.05) is 11.2 Å². The van der Waals surface area contributed by atoms with Crippen molar-refractivity contribution in [3.8, 4) is 0 Å². The van der Waals surface area contributed by atoms with Crippen LogP contribution in [0.4, 0.5) is 4.39 Å². The summed E-state index contributed by atoms with van der Waals surface area (Å²) in [7, 11) is 0. The zero-order chi connectivity index (χ0) is 10.8. The lowest BCUT2D eigenvalue weighted by Gasteiger charge is -2.04. The fourth-order valence-electron chi connectivity index (χ4n) is 1.80. The van der Waals surface area contributed by atoms with Crippen molar-refractivity contribution in [2.45, 2.75) is 19.3 Å². The molecule has 0 saturated heterocycles. The standard InChI is InChI=1S/C11H10FNO2/c12-8-5-4-7-2-1-3-10(14)11(13-15)9(7)6-8/h4-6,15H,1-3H2. The molecule has 1 aliphatic carbocycles. The van der Waals surface area contributed by atoms with Crippen molar-refractivity contribution in [2.75, 3.05) is 0 Å². The molecule has 0 radical (unpaired) electrons. The lowest BCUT2D eigenvalue weighted by atomic mass is 10.0. The van der Waals surface area contributed by atoms with Crippen LogP contribution in [-0.2, 0) is 11.2 Å². The molecule has 0 atom stereocenters. The number of carbonyl (C=O) groups excluding carboxylic acids is 1. The van der Waals surface area contributed by atoms with Gasteiger partial charge in [0, 0.05) is 12.0 Å². The van der Waals surface area contributed by atoms with Crippen LogP contribution in [0.2, 0.25) is 0 Å². The number of benzene rings is 1. The first kappa shape index (κ1) is 9.83. The van der Waals surface area contributed by atoms with Gasteiger partial charge >= 0.3 is 0 Å². The van der Waals surface area contributed by atoms with Crippen LogP contribution >= 0.6 is 0 Å². The molecule has 0 heterocycles. The van der Waals surface area contributed by atoms with Crippen LogP contribution in [0.5, 0.6) is 0 Å². The van der Waals surface area contributed by atoms with Gasteiger partial charge in [-0.2, -0.15) is 0 Å². The molecule has 78 valence electrons. The van der Waals surface area contributed by atoms with E-state index in [-0.39, 0.29) is 11.5 Å². The molecule has 3 nitrogen and oxygen atoms in total. The first-order valence-electron chi connectivity index (χ1n) is 4.76. The lowest BCUT2D eigenvalue weighted by Crippen LogP contribution is -2.14. The van der Waals surface area contributed by atoms with Crippen molar-refractivity contribution >= 4 is 11.5 Å². The van der Waals surface area contributed by atoms with E-state index in [0.29, 0.717) is 24.8 Å². The second-order valence-corrected chi connectivity index (χ2v) is 3.53. The maximum atomic E-state index is 13.0. The highest BCUT2D eigenvalue weighted by Gasteiger charge is 2.21. The van der Waals surface area contributed by atoms with Gasteiger partial charge in [-0.3, -0.25) is 4.79 Å². The summed E-state index contributed by atoms with van der Waals surface area (Å²) in [5.41, 5.74) is 1.25. The quantitative estimate of drug-likeness (QED) is 0.401. The van der Waals surface area contributed by atoms with Gasteiger partial charge in [-0.15, -0.1) is 0 Å². The number of carbonyl (C=O) groups is 1. The first-order valence-corrected chi connectivity index (χ1v) is 4.76. The monoisotopic (exact) mass is 207 g/mol. The summed E-state index contributed by atoms with van der Waals surface area (Å²) >= 11 is 0. The molecular formula is C11H10FNO2. The Kier molecular flexibility index (Phi) is 2.49. The number of hydrogen-bond donors (Lipinski definition) is 1. The van der Waals surface area contributed by atoms with Gasteiger partial charge in [0.05, 0.1) is 0 Å². The summed E-state index contributed by atoms with van der Waals surface area (Å²) in [6, 6.07) is 4.23. The van der Waals surface area contributed by atoms with Gasteiger partial charge in [0.25, 0.3) is 0 Å². The molecule has 0 amide bonds. The minimum Gasteiger partial charge on any atom is -0.410 e. The maximum Gasteiger partial charge on any atom is 0.185 e. The van der Waals surface area contributed by atoms with E-state index in [4.69, 9.17) is 5.21 Å². The van der Waals surface area contributed by atoms with Crippen molar-refractivity contribution in [3.05, 3.63) is 35.1 Å². The molecule has 0 unspecified atom stereocenters. The highest BCUT2D eigenvalue weighted by molar-refractivity contribution is 6.46. The molecule has 0 bridgehead atoms. The van der Waals surface area contributed by atoms with Gasteiger partial charge in [0.1, 0.15) is 5.82 Å². The van der Waals surface area contributed by atoms with E-state index in [1.54, 1.807) is 6.07 Å². The van der Waals surface area contributed by atoms with E-state index in [2.05, 4.69) is 5.16 Å². The smallest absolute Gasteiger partial charge is 0.185 e. The number of oxime groups is 1. The Labute approximate surface area is 86.2 Å². The van der Waals surface area contributed by atoms with Crippen LogP contribution in [0.25, 0.3) is 0 Å². The normalized spacial score (nSPS) is 18.7. The molecule has 1 aromatic carbocycles. The Bertz CT molecular complexity index is 440. The molecule has 0 aliphatic heterocycles. The van der Waals surface area contributed by atoms with Gasteiger partial charge in [-0.25, -0.2) is 4.39 Å². The zero-order valence-corrected chi connectivity index (χ0v) is 8.03. The van der Waals surface area contributed by atoms with E-state index in [0.717, 1.165) is 5.56 Å². The number of nitrogens with zero attached hydrogens (tertiary/aromatic N) is 1. The third-order valence-corrected chi connectivity index (χ3v) is 2.54. The van der Waals surface area contributed by atoms with E-state index in [9.17, 15) is 9.18 Å². The number of hydrogen-bond acceptors (Lipinski definition) is 3. The average molecular weight is 207 g/mol. The van der Waals surface area contributed by atoms with E-state index < -0.39 is 5.82 Å². The SMILES string of the molecule is O=C1CCCc2ccc(F)cc2C1=NO. The molecule has 0 spiro atoms. The van der Waals surface area contributed by atoms with Crippen LogP contribution in [-0.4, -0.2) is 16.7 Å². The molecule has 0 aromatic heterocycles. The van der Waals surface area contributed by atoms with Crippen molar-refractivity contribution < 1.29 is 14.4 Å². The van der Waals surface area contributed by atoms with Crippen LogP contribution in [0.1, 0.15) is 24.0 Å². The molecule has 0 saturated carbocycles. The predicted octanol–water partition coefficient (Wildman–Crippen LogP) is 1.91. The Morgan fingerprint density at radius 1 is 1.33 bits per heavy atom. The van der Waals surface area contributed by atoms with Crippen molar-refractivity contribution in [1.29, 1.82) is 0 Å².